The molecule has 1 aromatic rings. The molecule has 5 heteroatoms. The molecule has 0 aliphatic heterocycles. The molecule has 0 aliphatic rings. The van der Waals surface area contributed by atoms with Crippen molar-refractivity contribution in [3.63, 3.8) is 0 Å². The summed E-state index contributed by atoms with van der Waals surface area (Å²) >= 11 is 0. The monoisotopic (exact) mass is 222 g/mol. The molecule has 0 heterocycles. The SMILES string of the molecule is NCCNCCNC(=O)c1ccc(N)cc1. The molecule has 0 aromatic heterocycles. The number of nitrogens with two attached hydrogens (primary N) is 2. The number of rotatable bonds is 6. The van der Waals surface area contributed by atoms with Crippen LogP contribution in [0.1, 0.15) is 10.4 Å². The Hall–Kier alpha value is -1.59. The molecular weight excluding hydrogens is 204 g/mol. The standard InChI is InChI=1S/C11H18N4O/c12-5-6-14-7-8-15-11(16)9-1-3-10(13)4-2-9/h1-4,14H,5-8,12-13H2,(H,15,16). The second kappa shape index (κ2) is 6.81. The number of hydrogen-bond acceptors (Lipinski definition) is 4. The lowest BCUT2D eigenvalue weighted by molar-refractivity contribution is 0.0954. The molecule has 0 bridgehead atoms. The Labute approximate surface area is 95.2 Å². The molecule has 0 fully saturated rings. The fraction of sp³-hybridized carbons (Fsp3) is 0.364. The molecule has 1 rings (SSSR count). The molecule has 88 valence electrons. The third-order valence-electron chi connectivity index (χ3n) is 2.08. The normalized spacial score (nSPS) is 10.1. The van der Waals surface area contributed by atoms with Crippen molar-refractivity contribution in [1.29, 1.82) is 0 Å². The minimum absolute atomic E-state index is 0.0884. The summed E-state index contributed by atoms with van der Waals surface area (Å²) in [6, 6.07) is 6.83. The number of carbonyl (C=O) groups excluding carboxylic acids is 1. The smallest absolute Gasteiger partial charge is 0.251 e. The molecule has 0 atom stereocenters. The first-order chi connectivity index (χ1) is 7.74. The summed E-state index contributed by atoms with van der Waals surface area (Å²) < 4.78 is 0. The van der Waals surface area contributed by atoms with E-state index in [1.165, 1.54) is 0 Å². The van der Waals surface area contributed by atoms with Crippen LogP contribution in [0.5, 0.6) is 0 Å². The summed E-state index contributed by atoms with van der Waals surface area (Å²) in [5.74, 6) is -0.0884. The Balaban J connectivity index is 2.27. The lowest BCUT2D eigenvalue weighted by Crippen LogP contribution is -2.33. The molecule has 1 amide bonds. The van der Waals surface area contributed by atoms with Crippen LogP contribution in [-0.4, -0.2) is 32.1 Å². The maximum Gasteiger partial charge on any atom is 0.251 e. The number of nitrogens with one attached hydrogen (secondary N) is 2. The highest BCUT2D eigenvalue weighted by Gasteiger charge is 2.03. The minimum Gasteiger partial charge on any atom is -0.399 e. The molecule has 1 aromatic carbocycles. The Kier molecular flexibility index (Phi) is 5.31. The summed E-state index contributed by atoms with van der Waals surface area (Å²) in [6.07, 6.45) is 0. The van der Waals surface area contributed by atoms with E-state index in [0.717, 1.165) is 13.1 Å². The molecule has 6 N–H and O–H groups in total. The largest absolute Gasteiger partial charge is 0.399 e. The first-order valence-electron chi connectivity index (χ1n) is 5.28. The zero-order valence-corrected chi connectivity index (χ0v) is 9.20. The van der Waals surface area contributed by atoms with E-state index in [1.54, 1.807) is 24.3 Å². The van der Waals surface area contributed by atoms with Gasteiger partial charge in [-0.25, -0.2) is 0 Å². The predicted octanol–water partition coefficient (Wildman–Crippen LogP) is -0.453. The van der Waals surface area contributed by atoms with Crippen LogP contribution in [0.2, 0.25) is 0 Å². The van der Waals surface area contributed by atoms with E-state index >= 15 is 0 Å². The number of nitrogen functional groups attached to an aromatic ring is 1. The minimum atomic E-state index is -0.0884. The van der Waals surface area contributed by atoms with Gasteiger partial charge in [-0.05, 0) is 24.3 Å². The average Bonchev–Trinajstić information content (AvgIpc) is 2.29. The number of hydrogen-bond donors (Lipinski definition) is 4. The van der Waals surface area contributed by atoms with Crippen LogP contribution in [0.4, 0.5) is 5.69 Å². The molecule has 0 spiro atoms. The molecule has 0 saturated carbocycles. The van der Waals surface area contributed by atoms with Crippen molar-refractivity contribution < 1.29 is 4.79 Å². The highest BCUT2D eigenvalue weighted by Crippen LogP contribution is 2.04. The van der Waals surface area contributed by atoms with Crippen LogP contribution >= 0.6 is 0 Å². The Bertz CT molecular complexity index is 323. The first-order valence-corrected chi connectivity index (χ1v) is 5.28. The van der Waals surface area contributed by atoms with Crippen molar-refractivity contribution >= 4 is 11.6 Å². The van der Waals surface area contributed by atoms with Gasteiger partial charge in [-0.15, -0.1) is 0 Å². The molecule has 5 nitrogen and oxygen atoms in total. The van der Waals surface area contributed by atoms with Gasteiger partial charge in [0.1, 0.15) is 0 Å². The van der Waals surface area contributed by atoms with Crippen molar-refractivity contribution in [3.05, 3.63) is 29.8 Å². The summed E-state index contributed by atoms with van der Waals surface area (Å²) in [4.78, 5) is 11.6. The highest BCUT2D eigenvalue weighted by molar-refractivity contribution is 5.94. The third-order valence-corrected chi connectivity index (χ3v) is 2.08. The van der Waals surface area contributed by atoms with Gasteiger partial charge in [0.15, 0.2) is 0 Å². The molecule has 0 saturated heterocycles. The fourth-order valence-electron chi connectivity index (χ4n) is 1.23. The molecular formula is C11H18N4O. The second-order valence-corrected chi connectivity index (χ2v) is 3.42. The molecule has 0 radical (unpaired) electrons. The second-order valence-electron chi connectivity index (χ2n) is 3.42. The van der Waals surface area contributed by atoms with Gasteiger partial charge in [-0.1, -0.05) is 0 Å². The van der Waals surface area contributed by atoms with Gasteiger partial charge in [0.25, 0.3) is 5.91 Å². The number of anilines is 1. The van der Waals surface area contributed by atoms with Crippen molar-refractivity contribution in [2.45, 2.75) is 0 Å². The Morgan fingerprint density at radius 3 is 2.44 bits per heavy atom. The van der Waals surface area contributed by atoms with E-state index < -0.39 is 0 Å². The highest BCUT2D eigenvalue weighted by atomic mass is 16.1. The predicted molar refractivity (Wildman–Crippen MR) is 65.1 cm³/mol. The van der Waals surface area contributed by atoms with Crippen LogP contribution in [0, 0.1) is 0 Å². The number of benzene rings is 1. The molecule has 16 heavy (non-hydrogen) atoms. The fourth-order valence-corrected chi connectivity index (χ4v) is 1.23. The Morgan fingerprint density at radius 1 is 1.12 bits per heavy atom. The van der Waals surface area contributed by atoms with Crippen molar-refractivity contribution in [2.24, 2.45) is 5.73 Å². The van der Waals surface area contributed by atoms with Crippen molar-refractivity contribution in [2.75, 3.05) is 31.9 Å². The van der Waals surface area contributed by atoms with Crippen LogP contribution in [0.15, 0.2) is 24.3 Å². The van der Waals surface area contributed by atoms with Crippen LogP contribution in [-0.2, 0) is 0 Å². The zero-order valence-electron chi connectivity index (χ0n) is 9.20. The van der Waals surface area contributed by atoms with Crippen LogP contribution in [0.3, 0.4) is 0 Å². The van der Waals surface area contributed by atoms with Crippen LogP contribution in [0.25, 0.3) is 0 Å². The summed E-state index contributed by atoms with van der Waals surface area (Å²) in [5.41, 5.74) is 12.1. The van der Waals surface area contributed by atoms with E-state index in [9.17, 15) is 4.79 Å². The average molecular weight is 222 g/mol. The quantitative estimate of drug-likeness (QED) is 0.387. The lowest BCUT2D eigenvalue weighted by Gasteiger charge is -2.06. The van der Waals surface area contributed by atoms with Gasteiger partial charge in [0.05, 0.1) is 0 Å². The van der Waals surface area contributed by atoms with Crippen LogP contribution < -0.4 is 22.1 Å². The topological polar surface area (TPSA) is 93.2 Å². The summed E-state index contributed by atoms with van der Waals surface area (Å²) in [6.45, 7) is 2.67. The van der Waals surface area contributed by atoms with Gasteiger partial charge in [0.2, 0.25) is 0 Å². The first kappa shape index (κ1) is 12.5. The van der Waals surface area contributed by atoms with Gasteiger partial charge in [0, 0.05) is 37.4 Å². The lowest BCUT2D eigenvalue weighted by atomic mass is 10.2. The van der Waals surface area contributed by atoms with Gasteiger partial charge >= 0.3 is 0 Å². The van der Waals surface area contributed by atoms with Gasteiger partial charge in [-0.3, -0.25) is 4.79 Å². The van der Waals surface area contributed by atoms with Gasteiger partial charge in [-0.2, -0.15) is 0 Å². The summed E-state index contributed by atoms with van der Waals surface area (Å²) in [7, 11) is 0. The van der Waals surface area contributed by atoms with Gasteiger partial charge < -0.3 is 22.1 Å². The van der Waals surface area contributed by atoms with Crippen molar-refractivity contribution in [1.82, 2.24) is 10.6 Å². The maximum absolute atomic E-state index is 11.6. The molecule has 0 aliphatic carbocycles. The van der Waals surface area contributed by atoms with Crippen molar-refractivity contribution in [3.8, 4) is 0 Å². The maximum atomic E-state index is 11.6. The Morgan fingerprint density at radius 2 is 1.81 bits per heavy atom. The van der Waals surface area contributed by atoms with E-state index in [-0.39, 0.29) is 5.91 Å². The van der Waals surface area contributed by atoms with E-state index in [4.69, 9.17) is 11.5 Å². The zero-order chi connectivity index (χ0) is 11.8. The van der Waals surface area contributed by atoms with E-state index in [0.29, 0.717) is 24.3 Å². The van der Waals surface area contributed by atoms with E-state index in [1.807, 2.05) is 0 Å². The summed E-state index contributed by atoms with van der Waals surface area (Å²) in [5, 5.41) is 5.89. The third kappa shape index (κ3) is 4.29. The number of amides is 1. The number of carbonyl (C=O) groups is 1. The molecule has 0 unspecified atom stereocenters. The van der Waals surface area contributed by atoms with E-state index in [2.05, 4.69) is 10.6 Å².